The van der Waals surface area contributed by atoms with Crippen LogP contribution in [0.5, 0.6) is 5.75 Å². The molecule has 0 spiro atoms. The SMILES string of the molecule is CCNC(=NCC(C)Oc1ccccc1)N1CCC(CN(CC)CC(F)(F)F)C1.I. The molecule has 0 aliphatic carbocycles. The van der Waals surface area contributed by atoms with Crippen LogP contribution in [0.1, 0.15) is 27.2 Å². The summed E-state index contributed by atoms with van der Waals surface area (Å²) in [6, 6.07) is 9.63. The van der Waals surface area contributed by atoms with Crippen molar-refractivity contribution >= 4 is 29.9 Å². The topological polar surface area (TPSA) is 40.1 Å². The third-order valence-corrected chi connectivity index (χ3v) is 4.87. The number of likely N-dealkylation sites (tertiary alicyclic amines) is 1. The number of ether oxygens (including phenoxy) is 1. The normalized spacial score (nSPS) is 18.3. The molecule has 0 saturated carbocycles. The number of hydrogen-bond acceptors (Lipinski definition) is 3. The molecule has 1 saturated heterocycles. The van der Waals surface area contributed by atoms with Crippen molar-refractivity contribution in [3.05, 3.63) is 30.3 Å². The highest BCUT2D eigenvalue weighted by Gasteiger charge is 2.33. The lowest BCUT2D eigenvalue weighted by Gasteiger charge is -2.26. The first kappa shape index (κ1) is 26.8. The molecular formula is C21H34F3IN4O. The van der Waals surface area contributed by atoms with Crippen molar-refractivity contribution in [2.24, 2.45) is 10.9 Å². The van der Waals surface area contributed by atoms with Crippen molar-refractivity contribution in [2.45, 2.75) is 39.5 Å². The summed E-state index contributed by atoms with van der Waals surface area (Å²) >= 11 is 0. The van der Waals surface area contributed by atoms with Crippen molar-refractivity contribution in [3.63, 3.8) is 0 Å². The fourth-order valence-electron chi connectivity index (χ4n) is 3.51. The van der Waals surface area contributed by atoms with Gasteiger partial charge in [-0.2, -0.15) is 13.2 Å². The van der Waals surface area contributed by atoms with Gasteiger partial charge < -0.3 is 15.0 Å². The molecule has 5 nitrogen and oxygen atoms in total. The molecule has 9 heteroatoms. The number of aliphatic imine (C=N–C) groups is 1. The van der Waals surface area contributed by atoms with Crippen molar-refractivity contribution in [2.75, 3.05) is 45.8 Å². The summed E-state index contributed by atoms with van der Waals surface area (Å²) in [5, 5.41) is 3.30. The number of para-hydroxylation sites is 1. The Morgan fingerprint density at radius 3 is 2.60 bits per heavy atom. The van der Waals surface area contributed by atoms with Crippen LogP contribution in [0.2, 0.25) is 0 Å². The first-order valence-corrected chi connectivity index (χ1v) is 10.3. The highest BCUT2D eigenvalue weighted by molar-refractivity contribution is 14.0. The Labute approximate surface area is 195 Å². The lowest BCUT2D eigenvalue weighted by molar-refractivity contribution is -0.146. The van der Waals surface area contributed by atoms with Gasteiger partial charge in [0.25, 0.3) is 0 Å². The Kier molecular flexibility index (Phi) is 11.8. The second kappa shape index (κ2) is 13.2. The predicted octanol–water partition coefficient (Wildman–Crippen LogP) is 4.24. The average molecular weight is 542 g/mol. The van der Waals surface area contributed by atoms with E-state index in [2.05, 4.69) is 10.2 Å². The zero-order valence-electron chi connectivity index (χ0n) is 18.0. The Morgan fingerprint density at radius 2 is 2.00 bits per heavy atom. The molecule has 0 aromatic heterocycles. The Balaban J connectivity index is 0.00000450. The summed E-state index contributed by atoms with van der Waals surface area (Å²) in [4.78, 5) is 8.32. The van der Waals surface area contributed by atoms with E-state index >= 15 is 0 Å². The van der Waals surface area contributed by atoms with Crippen LogP contribution < -0.4 is 10.1 Å². The third kappa shape index (κ3) is 9.72. The molecule has 1 aromatic rings. The lowest BCUT2D eigenvalue weighted by Crippen LogP contribution is -2.42. The van der Waals surface area contributed by atoms with E-state index in [-0.39, 0.29) is 36.0 Å². The molecule has 0 amide bonds. The van der Waals surface area contributed by atoms with E-state index in [1.807, 2.05) is 44.2 Å². The summed E-state index contributed by atoms with van der Waals surface area (Å²) in [6.07, 6.45) is -3.36. The molecule has 2 rings (SSSR count). The zero-order valence-corrected chi connectivity index (χ0v) is 20.3. The van der Waals surface area contributed by atoms with Gasteiger partial charge in [0.15, 0.2) is 5.96 Å². The van der Waals surface area contributed by atoms with Crippen molar-refractivity contribution in [1.82, 2.24) is 15.1 Å². The predicted molar refractivity (Wildman–Crippen MR) is 126 cm³/mol. The van der Waals surface area contributed by atoms with Crippen molar-refractivity contribution in [1.29, 1.82) is 0 Å². The summed E-state index contributed by atoms with van der Waals surface area (Å²) in [6.45, 7) is 8.54. The Bertz CT molecular complexity index is 630. The van der Waals surface area contributed by atoms with Gasteiger partial charge in [0.2, 0.25) is 0 Å². The molecule has 1 aromatic carbocycles. The third-order valence-electron chi connectivity index (χ3n) is 4.87. The minimum atomic E-state index is -4.15. The van der Waals surface area contributed by atoms with Gasteiger partial charge in [0, 0.05) is 26.2 Å². The molecule has 2 unspecified atom stereocenters. The quantitative estimate of drug-likeness (QED) is 0.288. The number of alkyl halides is 3. The van der Waals surface area contributed by atoms with Crippen LogP contribution in [0.15, 0.2) is 35.3 Å². The maximum Gasteiger partial charge on any atom is 0.401 e. The molecule has 172 valence electrons. The Morgan fingerprint density at radius 1 is 1.30 bits per heavy atom. The van der Waals surface area contributed by atoms with E-state index in [1.54, 1.807) is 6.92 Å². The molecule has 30 heavy (non-hydrogen) atoms. The van der Waals surface area contributed by atoms with E-state index in [0.717, 1.165) is 31.2 Å². The Hall–Kier alpha value is -1.23. The van der Waals surface area contributed by atoms with Crippen LogP contribution in [-0.2, 0) is 0 Å². The number of halogens is 4. The van der Waals surface area contributed by atoms with Crippen LogP contribution >= 0.6 is 24.0 Å². The van der Waals surface area contributed by atoms with Crippen LogP contribution in [0.4, 0.5) is 13.2 Å². The molecular weight excluding hydrogens is 508 g/mol. The molecule has 0 bridgehead atoms. The minimum absolute atomic E-state index is 0. The van der Waals surface area contributed by atoms with Crippen molar-refractivity contribution < 1.29 is 17.9 Å². The van der Waals surface area contributed by atoms with Crippen molar-refractivity contribution in [3.8, 4) is 5.75 Å². The zero-order chi connectivity index (χ0) is 21.3. The highest BCUT2D eigenvalue weighted by Crippen LogP contribution is 2.21. The fourth-order valence-corrected chi connectivity index (χ4v) is 3.51. The van der Waals surface area contributed by atoms with E-state index in [9.17, 15) is 13.2 Å². The maximum atomic E-state index is 12.7. The molecule has 1 aliphatic rings. The minimum Gasteiger partial charge on any atom is -0.489 e. The summed E-state index contributed by atoms with van der Waals surface area (Å²) in [5.41, 5.74) is 0. The summed E-state index contributed by atoms with van der Waals surface area (Å²) in [7, 11) is 0. The van der Waals surface area contributed by atoms with E-state index in [1.165, 1.54) is 4.90 Å². The molecule has 1 N–H and O–H groups in total. The van der Waals surface area contributed by atoms with E-state index < -0.39 is 12.7 Å². The number of hydrogen-bond donors (Lipinski definition) is 1. The molecule has 1 aliphatic heterocycles. The van der Waals surface area contributed by atoms with Crippen LogP contribution in [0.3, 0.4) is 0 Å². The van der Waals surface area contributed by atoms with Crippen LogP contribution in [0, 0.1) is 5.92 Å². The van der Waals surface area contributed by atoms with Crippen LogP contribution in [-0.4, -0.2) is 73.9 Å². The van der Waals surface area contributed by atoms with Gasteiger partial charge in [-0.05, 0) is 44.9 Å². The van der Waals surface area contributed by atoms with Gasteiger partial charge in [0.1, 0.15) is 11.9 Å². The monoisotopic (exact) mass is 542 g/mol. The van der Waals surface area contributed by atoms with Gasteiger partial charge in [0.05, 0.1) is 13.1 Å². The smallest absolute Gasteiger partial charge is 0.401 e. The number of nitrogens with one attached hydrogen (secondary N) is 1. The van der Waals surface area contributed by atoms with E-state index in [0.29, 0.717) is 26.2 Å². The first-order chi connectivity index (χ1) is 13.8. The average Bonchev–Trinajstić information content (AvgIpc) is 3.12. The fraction of sp³-hybridized carbons (Fsp3) is 0.667. The second-order valence-corrected chi connectivity index (χ2v) is 7.48. The van der Waals surface area contributed by atoms with Gasteiger partial charge in [-0.3, -0.25) is 4.90 Å². The number of nitrogens with zero attached hydrogens (tertiary/aromatic N) is 3. The number of benzene rings is 1. The highest BCUT2D eigenvalue weighted by atomic mass is 127. The van der Waals surface area contributed by atoms with Gasteiger partial charge in [-0.15, -0.1) is 24.0 Å². The second-order valence-electron chi connectivity index (χ2n) is 7.48. The van der Waals surface area contributed by atoms with E-state index in [4.69, 9.17) is 9.73 Å². The summed E-state index contributed by atoms with van der Waals surface area (Å²) in [5.74, 6) is 1.82. The molecule has 0 radical (unpaired) electrons. The number of rotatable bonds is 9. The lowest BCUT2D eigenvalue weighted by atomic mass is 10.1. The molecule has 2 atom stereocenters. The first-order valence-electron chi connectivity index (χ1n) is 10.3. The summed E-state index contributed by atoms with van der Waals surface area (Å²) < 4.78 is 44.0. The standard InChI is InChI=1S/C21H33F3N4O.HI/c1-4-25-20(26-13-17(3)29-19-9-7-6-8-10-19)28-12-11-18(15-28)14-27(5-2)16-21(22,23)24;/h6-10,17-18H,4-5,11-16H2,1-3H3,(H,25,26);1H. The van der Waals surface area contributed by atoms with Gasteiger partial charge >= 0.3 is 6.18 Å². The molecule has 1 fully saturated rings. The maximum absolute atomic E-state index is 12.7. The largest absolute Gasteiger partial charge is 0.489 e. The van der Waals surface area contributed by atoms with Gasteiger partial charge in [-0.1, -0.05) is 25.1 Å². The number of guanidine groups is 1. The van der Waals surface area contributed by atoms with Gasteiger partial charge in [-0.25, -0.2) is 4.99 Å². The molecule has 1 heterocycles. The van der Waals surface area contributed by atoms with Crippen LogP contribution in [0.25, 0.3) is 0 Å².